The number of amides is 1. The van der Waals surface area contributed by atoms with Crippen LogP contribution >= 0.6 is 0 Å². The lowest BCUT2D eigenvalue weighted by Crippen LogP contribution is -2.26. The van der Waals surface area contributed by atoms with E-state index in [9.17, 15) is 4.79 Å². The van der Waals surface area contributed by atoms with E-state index >= 15 is 0 Å². The van der Waals surface area contributed by atoms with Gasteiger partial charge in [0.1, 0.15) is 0 Å². The molecular weight excluding hydrogens is 376 g/mol. The monoisotopic (exact) mass is 400 g/mol. The van der Waals surface area contributed by atoms with Crippen molar-refractivity contribution in [2.45, 2.75) is 26.2 Å². The summed E-state index contributed by atoms with van der Waals surface area (Å²) in [4.78, 5) is 21.5. The summed E-state index contributed by atoms with van der Waals surface area (Å²) in [5.41, 5.74) is 10.6. The number of aryl methyl sites for hydroxylation is 1. The number of anilines is 1. The number of fused-ring (bicyclic) bond motifs is 1. The highest BCUT2D eigenvalue weighted by atomic mass is 16.1. The van der Waals surface area contributed by atoms with Crippen molar-refractivity contribution >= 4 is 17.5 Å². The molecule has 4 rings (SSSR count). The van der Waals surface area contributed by atoms with Crippen molar-refractivity contribution in [3.8, 4) is 11.3 Å². The van der Waals surface area contributed by atoms with Gasteiger partial charge in [-0.2, -0.15) is 4.98 Å². The maximum absolute atomic E-state index is 12.8. The van der Waals surface area contributed by atoms with Gasteiger partial charge < -0.3 is 11.1 Å². The normalized spacial score (nSPS) is 12.1. The van der Waals surface area contributed by atoms with E-state index in [1.807, 2.05) is 43.3 Å². The predicted octanol–water partition coefficient (Wildman–Crippen LogP) is 3.61. The lowest BCUT2D eigenvalue weighted by atomic mass is 9.98. The molecule has 1 unspecified atom stereocenters. The highest BCUT2D eigenvalue weighted by Crippen LogP contribution is 2.22. The predicted molar refractivity (Wildman–Crippen MR) is 117 cm³/mol. The summed E-state index contributed by atoms with van der Waals surface area (Å²) < 4.78 is 1.61. The summed E-state index contributed by atoms with van der Waals surface area (Å²) >= 11 is 0. The fourth-order valence-corrected chi connectivity index (χ4v) is 3.43. The van der Waals surface area contributed by atoms with E-state index < -0.39 is 0 Å². The van der Waals surface area contributed by atoms with Gasteiger partial charge in [-0.15, -0.1) is 5.10 Å². The summed E-state index contributed by atoms with van der Waals surface area (Å²) in [7, 11) is 0. The standard InChI is InChI=1S/C23H24N6O/c1-15(17-6-4-3-5-7-17)8-10-25-22(30)19-13-20(26-14-16(19)2)18-9-11-29-21(12-18)27-23(24)28-29/h3-7,9,11-15H,8,10H2,1-2H3,(H2,24,28)(H,25,30). The Morgan fingerprint density at radius 2 is 2.00 bits per heavy atom. The molecular formula is C23H24N6O. The van der Waals surface area contributed by atoms with Gasteiger partial charge in [-0.3, -0.25) is 9.78 Å². The van der Waals surface area contributed by atoms with Gasteiger partial charge in [0.2, 0.25) is 5.95 Å². The lowest BCUT2D eigenvalue weighted by Gasteiger charge is -2.13. The molecule has 0 saturated heterocycles. The van der Waals surface area contributed by atoms with Gasteiger partial charge in [-0.25, -0.2) is 4.52 Å². The molecule has 4 aromatic rings. The molecule has 30 heavy (non-hydrogen) atoms. The Kier molecular flexibility index (Phi) is 5.43. The summed E-state index contributed by atoms with van der Waals surface area (Å²) in [5, 5.41) is 7.12. The van der Waals surface area contributed by atoms with Crippen LogP contribution in [0, 0.1) is 6.92 Å². The summed E-state index contributed by atoms with van der Waals surface area (Å²) in [6.07, 6.45) is 4.37. The Labute approximate surface area is 175 Å². The minimum Gasteiger partial charge on any atom is -0.366 e. The molecule has 3 aromatic heterocycles. The van der Waals surface area contributed by atoms with Crippen LogP contribution in [-0.4, -0.2) is 32.0 Å². The first-order valence-electron chi connectivity index (χ1n) is 9.93. The molecule has 1 aromatic carbocycles. The third kappa shape index (κ3) is 4.15. The van der Waals surface area contributed by atoms with Crippen molar-refractivity contribution < 1.29 is 4.79 Å². The Morgan fingerprint density at radius 3 is 2.80 bits per heavy atom. The van der Waals surface area contributed by atoms with Crippen molar-refractivity contribution in [3.63, 3.8) is 0 Å². The molecule has 3 N–H and O–H groups in total. The van der Waals surface area contributed by atoms with E-state index in [0.717, 1.165) is 17.5 Å². The molecule has 0 aliphatic carbocycles. The molecule has 3 heterocycles. The number of hydrogen-bond acceptors (Lipinski definition) is 5. The minimum absolute atomic E-state index is 0.0933. The van der Waals surface area contributed by atoms with Crippen molar-refractivity contribution in [3.05, 3.63) is 77.6 Å². The van der Waals surface area contributed by atoms with E-state index in [-0.39, 0.29) is 11.9 Å². The number of nitrogens with one attached hydrogen (secondary N) is 1. The minimum atomic E-state index is -0.0933. The number of nitrogens with zero attached hydrogens (tertiary/aromatic N) is 4. The van der Waals surface area contributed by atoms with E-state index in [2.05, 4.69) is 39.4 Å². The van der Waals surface area contributed by atoms with Crippen LogP contribution in [0.5, 0.6) is 0 Å². The topological polar surface area (TPSA) is 98.2 Å². The average Bonchev–Trinajstić information content (AvgIpc) is 3.13. The first-order chi connectivity index (χ1) is 14.5. The molecule has 0 radical (unpaired) electrons. The highest BCUT2D eigenvalue weighted by Gasteiger charge is 2.13. The molecule has 152 valence electrons. The van der Waals surface area contributed by atoms with Gasteiger partial charge in [0.25, 0.3) is 5.91 Å². The van der Waals surface area contributed by atoms with Crippen LogP contribution in [0.15, 0.2) is 60.9 Å². The van der Waals surface area contributed by atoms with Crippen LogP contribution in [0.1, 0.15) is 40.7 Å². The zero-order chi connectivity index (χ0) is 21.1. The van der Waals surface area contributed by atoms with Gasteiger partial charge in [0.15, 0.2) is 5.65 Å². The molecule has 0 spiro atoms. The molecule has 1 atom stereocenters. The van der Waals surface area contributed by atoms with Crippen molar-refractivity contribution in [1.29, 1.82) is 0 Å². The number of pyridine rings is 2. The maximum atomic E-state index is 12.8. The molecule has 0 bridgehead atoms. The Balaban J connectivity index is 1.47. The lowest BCUT2D eigenvalue weighted by molar-refractivity contribution is 0.0952. The zero-order valence-corrected chi connectivity index (χ0v) is 17.0. The van der Waals surface area contributed by atoms with Gasteiger partial charge in [-0.1, -0.05) is 37.3 Å². The van der Waals surface area contributed by atoms with Gasteiger partial charge in [0.05, 0.1) is 5.69 Å². The summed E-state index contributed by atoms with van der Waals surface area (Å²) in [6, 6.07) is 15.9. The highest BCUT2D eigenvalue weighted by molar-refractivity contribution is 5.96. The third-order valence-corrected chi connectivity index (χ3v) is 5.23. The Morgan fingerprint density at radius 1 is 1.20 bits per heavy atom. The number of carbonyl (C=O) groups excluding carboxylic acids is 1. The SMILES string of the molecule is Cc1cnc(-c2ccn3nc(N)nc3c2)cc1C(=O)NCCC(C)c1ccccc1. The fourth-order valence-electron chi connectivity index (χ4n) is 3.43. The average molecular weight is 400 g/mol. The molecule has 0 aliphatic heterocycles. The number of benzene rings is 1. The van der Waals surface area contributed by atoms with Crippen molar-refractivity contribution in [2.24, 2.45) is 0 Å². The molecule has 1 amide bonds. The van der Waals surface area contributed by atoms with E-state index in [4.69, 9.17) is 5.73 Å². The molecule has 0 saturated carbocycles. The first kappa shape index (κ1) is 19.6. The molecule has 7 nitrogen and oxygen atoms in total. The third-order valence-electron chi connectivity index (χ3n) is 5.23. The van der Waals surface area contributed by atoms with Crippen LogP contribution in [-0.2, 0) is 0 Å². The van der Waals surface area contributed by atoms with E-state index in [0.29, 0.717) is 29.4 Å². The largest absolute Gasteiger partial charge is 0.366 e. The smallest absolute Gasteiger partial charge is 0.251 e. The molecule has 0 fully saturated rings. The van der Waals surface area contributed by atoms with Crippen molar-refractivity contribution in [2.75, 3.05) is 12.3 Å². The zero-order valence-electron chi connectivity index (χ0n) is 17.0. The second kappa shape index (κ2) is 8.32. The Hall–Kier alpha value is -3.74. The second-order valence-corrected chi connectivity index (χ2v) is 7.43. The van der Waals surface area contributed by atoms with Crippen LogP contribution in [0.3, 0.4) is 0 Å². The molecule has 0 aliphatic rings. The number of nitrogen functional groups attached to an aromatic ring is 1. The van der Waals surface area contributed by atoms with Crippen LogP contribution < -0.4 is 11.1 Å². The van der Waals surface area contributed by atoms with Crippen LogP contribution in [0.25, 0.3) is 16.9 Å². The first-order valence-corrected chi connectivity index (χ1v) is 9.93. The number of hydrogen-bond donors (Lipinski definition) is 2. The number of aromatic nitrogens is 4. The van der Waals surface area contributed by atoms with Crippen LogP contribution in [0.4, 0.5) is 5.95 Å². The number of carbonyl (C=O) groups is 1. The van der Waals surface area contributed by atoms with E-state index in [1.165, 1.54) is 5.56 Å². The number of nitrogens with two attached hydrogens (primary N) is 1. The Bertz CT molecular complexity index is 1190. The quantitative estimate of drug-likeness (QED) is 0.515. The van der Waals surface area contributed by atoms with Gasteiger partial charge in [0, 0.05) is 30.1 Å². The van der Waals surface area contributed by atoms with Crippen molar-refractivity contribution in [1.82, 2.24) is 24.9 Å². The van der Waals surface area contributed by atoms with Gasteiger partial charge in [-0.05, 0) is 48.6 Å². The second-order valence-electron chi connectivity index (χ2n) is 7.43. The summed E-state index contributed by atoms with van der Waals surface area (Å²) in [5.74, 6) is 0.501. The summed E-state index contributed by atoms with van der Waals surface area (Å²) in [6.45, 7) is 4.67. The van der Waals surface area contributed by atoms with E-state index in [1.54, 1.807) is 16.9 Å². The molecule has 7 heteroatoms. The van der Waals surface area contributed by atoms with Crippen LogP contribution in [0.2, 0.25) is 0 Å². The van der Waals surface area contributed by atoms with Gasteiger partial charge >= 0.3 is 0 Å². The maximum Gasteiger partial charge on any atom is 0.251 e. The number of rotatable bonds is 6. The fraction of sp³-hybridized carbons (Fsp3) is 0.217.